The fourth-order valence-electron chi connectivity index (χ4n) is 4.18. The topological polar surface area (TPSA) is 36.4 Å². The normalized spacial score (nSPS) is 32.0. The third-order valence-corrected chi connectivity index (χ3v) is 5.47. The van der Waals surface area contributed by atoms with Crippen LogP contribution in [0, 0.1) is 11.8 Å². The minimum absolute atomic E-state index is 0.220. The van der Waals surface area contributed by atoms with Crippen LogP contribution in [0.5, 0.6) is 0 Å². The van der Waals surface area contributed by atoms with E-state index >= 15 is 0 Å². The maximum absolute atomic E-state index is 10.9. The Balaban J connectivity index is 1.61. The average Bonchev–Trinajstić information content (AvgIpc) is 2.60. The second-order valence-electron chi connectivity index (χ2n) is 6.65. The molecule has 3 fully saturated rings. The Morgan fingerprint density at radius 1 is 1.36 bits per heavy atom. The van der Waals surface area contributed by atoms with Crippen molar-refractivity contribution in [2.75, 3.05) is 13.1 Å². The number of pyridine rings is 1. The van der Waals surface area contributed by atoms with Crippen LogP contribution in [0.3, 0.4) is 0 Å². The third kappa shape index (κ3) is 2.25. The van der Waals surface area contributed by atoms with Crippen molar-refractivity contribution in [2.24, 2.45) is 11.8 Å². The van der Waals surface area contributed by atoms with E-state index in [-0.39, 0.29) is 6.04 Å². The van der Waals surface area contributed by atoms with Crippen molar-refractivity contribution in [2.45, 2.75) is 25.0 Å². The van der Waals surface area contributed by atoms with Crippen LogP contribution in [0.1, 0.15) is 24.5 Å². The highest BCUT2D eigenvalue weighted by Crippen LogP contribution is 2.41. The van der Waals surface area contributed by atoms with Gasteiger partial charge in [-0.15, -0.1) is 6.58 Å². The molecule has 0 aliphatic carbocycles. The number of aromatic nitrogens is 1. The molecule has 1 aromatic heterocycles. The number of benzene rings is 1. The first kappa shape index (κ1) is 13.9. The van der Waals surface area contributed by atoms with Crippen molar-refractivity contribution in [1.82, 2.24) is 9.88 Å². The zero-order valence-electron chi connectivity index (χ0n) is 12.7. The lowest BCUT2D eigenvalue weighted by molar-refractivity contribution is -0.0449. The predicted molar refractivity (Wildman–Crippen MR) is 88.5 cm³/mol. The van der Waals surface area contributed by atoms with Gasteiger partial charge in [0, 0.05) is 29.7 Å². The number of rotatable bonds is 3. The largest absolute Gasteiger partial charge is 0.387 e. The van der Waals surface area contributed by atoms with Gasteiger partial charge in [-0.3, -0.25) is 9.88 Å². The van der Waals surface area contributed by atoms with Gasteiger partial charge in [-0.1, -0.05) is 24.3 Å². The summed E-state index contributed by atoms with van der Waals surface area (Å²) >= 11 is 0. The molecule has 1 aromatic carbocycles. The Kier molecular flexibility index (Phi) is 3.47. The van der Waals surface area contributed by atoms with E-state index in [2.05, 4.69) is 34.7 Å². The molecule has 3 aliphatic heterocycles. The van der Waals surface area contributed by atoms with Crippen molar-refractivity contribution in [1.29, 1.82) is 0 Å². The summed E-state index contributed by atoms with van der Waals surface area (Å²) < 4.78 is 0. The van der Waals surface area contributed by atoms with Gasteiger partial charge >= 0.3 is 0 Å². The fourth-order valence-corrected chi connectivity index (χ4v) is 4.18. The van der Waals surface area contributed by atoms with E-state index in [1.165, 1.54) is 6.42 Å². The van der Waals surface area contributed by atoms with E-state index in [0.717, 1.165) is 36.0 Å². The lowest BCUT2D eigenvalue weighted by Crippen LogP contribution is -2.54. The summed E-state index contributed by atoms with van der Waals surface area (Å²) in [4.78, 5) is 6.93. The molecule has 2 bridgehead atoms. The first-order valence-electron chi connectivity index (χ1n) is 8.15. The average molecular weight is 294 g/mol. The zero-order valence-corrected chi connectivity index (χ0v) is 12.7. The number of para-hydroxylation sites is 1. The van der Waals surface area contributed by atoms with E-state index in [0.29, 0.717) is 11.8 Å². The Morgan fingerprint density at radius 3 is 3.00 bits per heavy atom. The molecular formula is C19H22N2O. The maximum Gasteiger partial charge on any atom is 0.0960 e. The van der Waals surface area contributed by atoms with Gasteiger partial charge in [0.2, 0.25) is 0 Å². The molecule has 0 radical (unpaired) electrons. The molecular weight excluding hydrogens is 272 g/mol. The number of aliphatic hydroxyl groups excluding tert-OH is 1. The molecule has 3 saturated heterocycles. The monoisotopic (exact) mass is 294 g/mol. The highest BCUT2D eigenvalue weighted by Gasteiger charge is 2.42. The van der Waals surface area contributed by atoms with Crippen molar-refractivity contribution in [3.63, 3.8) is 0 Å². The molecule has 1 N–H and O–H groups in total. The lowest BCUT2D eigenvalue weighted by Gasteiger charge is -2.50. The summed E-state index contributed by atoms with van der Waals surface area (Å²) in [5.41, 5.74) is 1.92. The molecule has 1 unspecified atom stereocenters. The summed E-state index contributed by atoms with van der Waals surface area (Å²) in [5, 5.41) is 12.0. The third-order valence-electron chi connectivity index (χ3n) is 5.47. The summed E-state index contributed by atoms with van der Waals surface area (Å²) in [6.07, 6.45) is 5.77. The molecule has 4 heterocycles. The summed E-state index contributed by atoms with van der Waals surface area (Å²) in [6.45, 7) is 6.10. The molecule has 2 aromatic rings. The molecule has 0 saturated carbocycles. The molecule has 5 rings (SSSR count). The minimum atomic E-state index is -0.453. The second kappa shape index (κ2) is 5.49. The number of fused-ring (bicyclic) bond motifs is 4. The maximum atomic E-state index is 10.9. The highest BCUT2D eigenvalue weighted by atomic mass is 16.3. The zero-order chi connectivity index (χ0) is 15.1. The fraction of sp³-hybridized carbons (Fsp3) is 0.421. The summed E-state index contributed by atoms with van der Waals surface area (Å²) in [6, 6.07) is 10.4. The Bertz CT molecular complexity index is 699. The quantitative estimate of drug-likeness (QED) is 0.883. The van der Waals surface area contributed by atoms with Crippen LogP contribution in [0.2, 0.25) is 0 Å². The van der Waals surface area contributed by atoms with Crippen molar-refractivity contribution in [3.8, 4) is 0 Å². The Labute approximate surface area is 131 Å². The first-order valence-corrected chi connectivity index (χ1v) is 8.15. The van der Waals surface area contributed by atoms with Crippen LogP contribution in [-0.4, -0.2) is 34.1 Å². The van der Waals surface area contributed by atoms with Gasteiger partial charge in [-0.25, -0.2) is 0 Å². The molecule has 5 atom stereocenters. The first-order chi connectivity index (χ1) is 10.8. The highest BCUT2D eigenvalue weighted by molar-refractivity contribution is 5.78. The molecule has 22 heavy (non-hydrogen) atoms. The van der Waals surface area contributed by atoms with Gasteiger partial charge in [0.1, 0.15) is 0 Å². The molecule has 114 valence electrons. The van der Waals surface area contributed by atoms with E-state index in [4.69, 9.17) is 0 Å². The minimum Gasteiger partial charge on any atom is -0.387 e. The van der Waals surface area contributed by atoms with Gasteiger partial charge in [0.15, 0.2) is 0 Å². The van der Waals surface area contributed by atoms with Crippen LogP contribution in [0.15, 0.2) is 49.2 Å². The van der Waals surface area contributed by atoms with Crippen LogP contribution >= 0.6 is 0 Å². The van der Waals surface area contributed by atoms with Gasteiger partial charge in [-0.2, -0.15) is 0 Å². The van der Waals surface area contributed by atoms with Gasteiger partial charge < -0.3 is 5.11 Å². The van der Waals surface area contributed by atoms with E-state index in [1.807, 2.05) is 24.4 Å². The van der Waals surface area contributed by atoms with Crippen LogP contribution in [0.4, 0.5) is 0 Å². The smallest absolute Gasteiger partial charge is 0.0960 e. The molecule has 0 spiro atoms. The summed E-state index contributed by atoms with van der Waals surface area (Å²) in [7, 11) is 0. The van der Waals surface area contributed by atoms with Crippen LogP contribution < -0.4 is 0 Å². The standard InChI is InChI=1S/C19H22N2O/c1-2-13-12-21-8-7-14(13)10-18(21)19(22)16-9-15-5-3-4-6-17(15)20-11-16/h2-6,9,11,13-14,18-19,22H,1,7-8,10,12H2/t13-,14-,18-,19+/m0/s1. The van der Waals surface area contributed by atoms with Crippen LogP contribution in [0.25, 0.3) is 10.9 Å². The predicted octanol–water partition coefficient (Wildman–Crippen LogP) is 3.16. The molecule has 3 aliphatic rings. The molecule has 3 heteroatoms. The van der Waals surface area contributed by atoms with Gasteiger partial charge in [0.05, 0.1) is 11.6 Å². The molecule has 0 amide bonds. The summed E-state index contributed by atoms with van der Waals surface area (Å²) in [5.74, 6) is 1.27. The number of hydrogen-bond acceptors (Lipinski definition) is 3. The van der Waals surface area contributed by atoms with Gasteiger partial charge in [0.25, 0.3) is 0 Å². The van der Waals surface area contributed by atoms with Crippen molar-refractivity contribution in [3.05, 3.63) is 54.7 Å². The van der Waals surface area contributed by atoms with Gasteiger partial charge in [-0.05, 0) is 43.4 Å². The Morgan fingerprint density at radius 2 is 2.23 bits per heavy atom. The number of hydrogen-bond donors (Lipinski definition) is 1. The number of piperidine rings is 3. The van der Waals surface area contributed by atoms with Crippen molar-refractivity contribution < 1.29 is 5.11 Å². The number of aliphatic hydroxyl groups is 1. The van der Waals surface area contributed by atoms with E-state index < -0.39 is 6.10 Å². The number of nitrogens with zero attached hydrogens (tertiary/aromatic N) is 2. The second-order valence-corrected chi connectivity index (χ2v) is 6.65. The van der Waals surface area contributed by atoms with Crippen molar-refractivity contribution >= 4 is 10.9 Å². The lowest BCUT2D eigenvalue weighted by atomic mass is 9.74. The van der Waals surface area contributed by atoms with E-state index in [9.17, 15) is 5.11 Å². The van der Waals surface area contributed by atoms with Crippen LogP contribution in [-0.2, 0) is 0 Å². The van der Waals surface area contributed by atoms with E-state index in [1.54, 1.807) is 0 Å². The molecule has 3 nitrogen and oxygen atoms in total. The SMILES string of the molecule is C=C[C@H]1CN2CC[C@H]1C[C@H]2[C@H](O)c1cnc2ccccc2c1. The Hall–Kier alpha value is -1.71.